The van der Waals surface area contributed by atoms with Crippen molar-refractivity contribution in [2.45, 2.75) is 52.0 Å². The van der Waals surface area contributed by atoms with Gasteiger partial charge in [-0.2, -0.15) is 0 Å². The molecule has 0 bridgehead atoms. The second-order valence-electron chi connectivity index (χ2n) is 4.98. The van der Waals surface area contributed by atoms with Gasteiger partial charge in [0.1, 0.15) is 0 Å². The van der Waals surface area contributed by atoms with E-state index >= 15 is 0 Å². The van der Waals surface area contributed by atoms with Crippen LogP contribution in [-0.4, -0.2) is 43.0 Å². The van der Waals surface area contributed by atoms with Crippen molar-refractivity contribution in [1.82, 2.24) is 10.2 Å². The predicted molar refractivity (Wildman–Crippen MR) is 72.9 cm³/mol. The molecule has 0 aliphatic heterocycles. The highest BCUT2D eigenvalue weighted by atomic mass is 16.1. The van der Waals surface area contributed by atoms with Gasteiger partial charge in [0.25, 0.3) is 0 Å². The summed E-state index contributed by atoms with van der Waals surface area (Å²) in [5.41, 5.74) is 4.93. The van der Waals surface area contributed by atoms with Gasteiger partial charge in [-0.15, -0.1) is 0 Å². The van der Waals surface area contributed by atoms with E-state index in [0.717, 1.165) is 45.3 Å². The quantitative estimate of drug-likeness (QED) is 0.569. The van der Waals surface area contributed by atoms with Crippen molar-refractivity contribution in [3.05, 3.63) is 0 Å². The normalized spacial score (nSPS) is 14.9. The molecule has 1 amide bonds. The number of nitrogens with zero attached hydrogens (tertiary/aromatic N) is 1. The number of hydrogen-bond donors (Lipinski definition) is 2. The van der Waals surface area contributed by atoms with Crippen LogP contribution >= 0.6 is 0 Å². The molecule has 0 saturated heterocycles. The van der Waals surface area contributed by atoms with E-state index in [0.29, 0.717) is 0 Å². The van der Waals surface area contributed by atoms with E-state index in [1.54, 1.807) is 0 Å². The number of unbranched alkanes of at least 4 members (excludes halogenated alkanes) is 1. The number of carbonyl (C=O) groups is 1. The lowest BCUT2D eigenvalue weighted by Crippen LogP contribution is -2.53. The molecule has 0 saturated carbocycles. The third-order valence-electron chi connectivity index (χ3n) is 3.32. The van der Waals surface area contributed by atoms with Gasteiger partial charge < -0.3 is 16.0 Å². The first-order chi connectivity index (χ1) is 7.96. The van der Waals surface area contributed by atoms with Crippen LogP contribution in [0.2, 0.25) is 0 Å². The molecule has 0 aliphatic rings. The Kier molecular flexibility index (Phi) is 8.17. The summed E-state index contributed by atoms with van der Waals surface area (Å²) < 4.78 is 0. The third-order valence-corrected chi connectivity index (χ3v) is 3.32. The number of hydrogen-bond acceptors (Lipinski definition) is 3. The Morgan fingerprint density at radius 1 is 1.35 bits per heavy atom. The summed E-state index contributed by atoms with van der Waals surface area (Å²) in [5.74, 6) is -0.241. The highest BCUT2D eigenvalue weighted by Crippen LogP contribution is 2.13. The highest BCUT2D eigenvalue weighted by Gasteiger charge is 2.29. The molecular weight excluding hydrogens is 214 g/mol. The Hall–Kier alpha value is -0.610. The number of rotatable bonds is 10. The maximum atomic E-state index is 11.5. The summed E-state index contributed by atoms with van der Waals surface area (Å²) in [6.45, 7) is 9.14. The smallest absolute Gasteiger partial charge is 0.237 e. The fourth-order valence-electron chi connectivity index (χ4n) is 1.72. The van der Waals surface area contributed by atoms with Crippen molar-refractivity contribution in [1.29, 1.82) is 0 Å². The molecule has 0 spiro atoms. The van der Waals surface area contributed by atoms with Crippen molar-refractivity contribution in [2.24, 2.45) is 5.73 Å². The molecule has 0 aromatic heterocycles. The first kappa shape index (κ1) is 16.4. The number of nitrogens with one attached hydrogen (secondary N) is 1. The van der Waals surface area contributed by atoms with Gasteiger partial charge in [-0.05, 0) is 59.3 Å². The number of nitrogens with two attached hydrogens (primary N) is 1. The van der Waals surface area contributed by atoms with Gasteiger partial charge in [-0.1, -0.05) is 13.8 Å². The fourth-order valence-corrected chi connectivity index (χ4v) is 1.72. The predicted octanol–water partition coefficient (Wildman–Crippen LogP) is 1.35. The molecule has 0 aromatic carbocycles. The average Bonchev–Trinajstić information content (AvgIpc) is 2.31. The Labute approximate surface area is 106 Å². The standard InChI is InChI=1S/C13H29N3O/c1-5-10-15-13(3,12(14)17)9-7-8-11-16(4)6-2/h15H,5-11H2,1-4H3,(H2,14,17). The van der Waals surface area contributed by atoms with Gasteiger partial charge in [-0.25, -0.2) is 0 Å². The van der Waals surface area contributed by atoms with Gasteiger partial charge in [0.05, 0.1) is 5.54 Å². The van der Waals surface area contributed by atoms with Crippen LogP contribution in [0.4, 0.5) is 0 Å². The molecule has 0 aliphatic carbocycles. The van der Waals surface area contributed by atoms with Crippen molar-refractivity contribution in [2.75, 3.05) is 26.7 Å². The summed E-state index contributed by atoms with van der Waals surface area (Å²) >= 11 is 0. The van der Waals surface area contributed by atoms with E-state index in [1.807, 2.05) is 6.92 Å². The van der Waals surface area contributed by atoms with Crippen LogP contribution in [0.3, 0.4) is 0 Å². The van der Waals surface area contributed by atoms with Crippen LogP contribution in [0, 0.1) is 0 Å². The summed E-state index contributed by atoms with van der Waals surface area (Å²) in [6.07, 6.45) is 3.98. The summed E-state index contributed by atoms with van der Waals surface area (Å²) in [5, 5.41) is 3.26. The Morgan fingerprint density at radius 3 is 2.47 bits per heavy atom. The first-order valence-corrected chi connectivity index (χ1v) is 6.69. The zero-order valence-electron chi connectivity index (χ0n) is 11.9. The third kappa shape index (κ3) is 6.64. The second-order valence-corrected chi connectivity index (χ2v) is 4.98. The van der Waals surface area contributed by atoms with E-state index in [1.165, 1.54) is 0 Å². The molecule has 1 atom stereocenters. The highest BCUT2D eigenvalue weighted by molar-refractivity contribution is 5.84. The zero-order chi connectivity index (χ0) is 13.3. The number of carbonyl (C=O) groups excluding carboxylic acids is 1. The second kappa shape index (κ2) is 8.48. The van der Waals surface area contributed by atoms with E-state index < -0.39 is 5.54 Å². The topological polar surface area (TPSA) is 58.4 Å². The number of amides is 1. The fraction of sp³-hybridized carbons (Fsp3) is 0.923. The summed E-state index contributed by atoms with van der Waals surface area (Å²) in [4.78, 5) is 13.7. The van der Waals surface area contributed by atoms with Crippen molar-refractivity contribution < 1.29 is 4.79 Å². The summed E-state index contributed by atoms with van der Waals surface area (Å²) in [7, 11) is 2.11. The van der Waals surface area contributed by atoms with Gasteiger partial charge in [0.2, 0.25) is 5.91 Å². The van der Waals surface area contributed by atoms with Crippen LogP contribution < -0.4 is 11.1 Å². The molecule has 102 valence electrons. The molecule has 0 heterocycles. The van der Waals surface area contributed by atoms with Crippen molar-refractivity contribution in [3.8, 4) is 0 Å². The minimum Gasteiger partial charge on any atom is -0.368 e. The van der Waals surface area contributed by atoms with Gasteiger partial charge in [-0.3, -0.25) is 4.79 Å². The largest absolute Gasteiger partial charge is 0.368 e. The van der Waals surface area contributed by atoms with Gasteiger partial charge >= 0.3 is 0 Å². The zero-order valence-corrected chi connectivity index (χ0v) is 11.9. The molecule has 3 N–H and O–H groups in total. The average molecular weight is 243 g/mol. The van der Waals surface area contributed by atoms with Crippen LogP contribution in [0.15, 0.2) is 0 Å². The molecular formula is C13H29N3O. The molecule has 4 heteroatoms. The minimum absolute atomic E-state index is 0.241. The van der Waals surface area contributed by atoms with Crippen molar-refractivity contribution in [3.63, 3.8) is 0 Å². The molecule has 0 fully saturated rings. The van der Waals surface area contributed by atoms with Crippen LogP contribution in [0.25, 0.3) is 0 Å². The van der Waals surface area contributed by atoms with E-state index in [-0.39, 0.29) is 5.91 Å². The lowest BCUT2D eigenvalue weighted by molar-refractivity contribution is -0.124. The van der Waals surface area contributed by atoms with E-state index in [9.17, 15) is 4.79 Å². The maximum Gasteiger partial charge on any atom is 0.237 e. The van der Waals surface area contributed by atoms with Crippen LogP contribution in [0.5, 0.6) is 0 Å². The van der Waals surface area contributed by atoms with Gasteiger partial charge in [0, 0.05) is 0 Å². The Morgan fingerprint density at radius 2 is 2.00 bits per heavy atom. The Balaban J connectivity index is 3.96. The maximum absolute atomic E-state index is 11.5. The lowest BCUT2D eigenvalue weighted by atomic mass is 9.93. The molecule has 17 heavy (non-hydrogen) atoms. The van der Waals surface area contributed by atoms with Crippen LogP contribution in [0.1, 0.15) is 46.5 Å². The summed E-state index contributed by atoms with van der Waals surface area (Å²) in [6, 6.07) is 0. The molecule has 4 nitrogen and oxygen atoms in total. The van der Waals surface area contributed by atoms with Crippen LogP contribution in [-0.2, 0) is 4.79 Å². The molecule has 0 aromatic rings. The molecule has 0 radical (unpaired) electrons. The molecule has 0 rings (SSSR count). The number of primary amides is 1. The monoisotopic (exact) mass is 243 g/mol. The van der Waals surface area contributed by atoms with Crippen molar-refractivity contribution >= 4 is 5.91 Å². The van der Waals surface area contributed by atoms with Gasteiger partial charge in [0.15, 0.2) is 0 Å². The van der Waals surface area contributed by atoms with E-state index in [2.05, 4.69) is 31.1 Å². The minimum atomic E-state index is -0.541. The molecule has 1 unspecified atom stereocenters. The first-order valence-electron chi connectivity index (χ1n) is 6.69. The lowest BCUT2D eigenvalue weighted by Gasteiger charge is -2.27. The Bertz CT molecular complexity index is 221. The van der Waals surface area contributed by atoms with E-state index in [4.69, 9.17) is 5.73 Å². The SMILES string of the molecule is CCCNC(C)(CCCCN(C)CC)C(N)=O.